The van der Waals surface area contributed by atoms with Crippen LogP contribution in [0.25, 0.3) is 0 Å². The average molecular weight is 102 g/mol. The number of hydrogen-bond donors (Lipinski definition) is 0. The van der Waals surface area contributed by atoms with Crippen molar-refractivity contribution in [1.82, 2.24) is 0 Å². The highest BCUT2D eigenvalue weighted by Gasteiger charge is 1.84. The summed E-state index contributed by atoms with van der Waals surface area (Å²) in [6.45, 7) is 5.75. The second kappa shape index (κ2) is 3.36. The third-order valence-corrected chi connectivity index (χ3v) is 1.52. The smallest absolute Gasteiger partial charge is 0.00910 e. The Morgan fingerprint density at radius 2 is 2.50 bits per heavy atom. The van der Waals surface area contributed by atoms with E-state index in [0.29, 0.717) is 5.66 Å². The first-order valence-electron chi connectivity index (χ1n) is 2.19. The zero-order chi connectivity index (χ0) is 4.99. The maximum Gasteiger partial charge on any atom is -0.00910 e. The molecular formula is C5H11P. The molecule has 0 aliphatic rings. The van der Waals surface area contributed by atoms with Crippen LogP contribution >= 0.6 is 9.24 Å². The van der Waals surface area contributed by atoms with E-state index in [-0.39, 0.29) is 0 Å². The van der Waals surface area contributed by atoms with E-state index in [0.717, 1.165) is 0 Å². The van der Waals surface area contributed by atoms with Crippen LogP contribution in [0.3, 0.4) is 0 Å². The molecule has 0 rings (SSSR count). The second-order valence-corrected chi connectivity index (χ2v) is 2.16. The summed E-state index contributed by atoms with van der Waals surface area (Å²) >= 11 is 0. The van der Waals surface area contributed by atoms with Crippen molar-refractivity contribution in [1.29, 1.82) is 0 Å². The van der Waals surface area contributed by atoms with Crippen LogP contribution in [0.2, 0.25) is 0 Å². The first-order chi connectivity index (χ1) is 2.81. The van der Waals surface area contributed by atoms with Gasteiger partial charge in [0.15, 0.2) is 0 Å². The first kappa shape index (κ1) is 6.17. The first-order valence-corrected chi connectivity index (χ1v) is 2.86. The molecule has 0 amide bonds. The van der Waals surface area contributed by atoms with Gasteiger partial charge in [-0.15, -0.1) is 15.8 Å². The van der Waals surface area contributed by atoms with Crippen molar-refractivity contribution in [2.45, 2.75) is 19.0 Å². The van der Waals surface area contributed by atoms with Gasteiger partial charge in [-0.05, 0) is 12.1 Å². The number of hydrogen-bond acceptors (Lipinski definition) is 0. The fourth-order valence-corrected chi connectivity index (χ4v) is 0.167. The van der Waals surface area contributed by atoms with Crippen LogP contribution in [0.1, 0.15) is 13.3 Å². The minimum atomic E-state index is 0.616. The van der Waals surface area contributed by atoms with Crippen LogP contribution in [0, 0.1) is 0 Å². The Hall–Kier alpha value is 0.170. The zero-order valence-corrected chi connectivity index (χ0v) is 5.30. The highest BCUT2D eigenvalue weighted by Crippen LogP contribution is 2.03. The van der Waals surface area contributed by atoms with E-state index in [2.05, 4.69) is 22.7 Å². The summed E-state index contributed by atoms with van der Waals surface area (Å²) in [7, 11) is 2.69. The van der Waals surface area contributed by atoms with Gasteiger partial charge < -0.3 is 0 Å². The summed E-state index contributed by atoms with van der Waals surface area (Å²) < 4.78 is 0. The van der Waals surface area contributed by atoms with Crippen LogP contribution in [-0.4, -0.2) is 5.66 Å². The summed E-state index contributed by atoms with van der Waals surface area (Å²) in [6.07, 6.45) is 3.11. The summed E-state index contributed by atoms with van der Waals surface area (Å²) in [5.74, 6) is 0. The van der Waals surface area contributed by atoms with Gasteiger partial charge in [0, 0.05) is 0 Å². The molecule has 6 heavy (non-hydrogen) atoms. The summed E-state index contributed by atoms with van der Waals surface area (Å²) in [5.41, 5.74) is 0.616. The van der Waals surface area contributed by atoms with E-state index < -0.39 is 0 Å². The third kappa shape index (κ3) is 2.41. The average Bonchev–Trinajstić information content (AvgIpc) is 1.65. The molecule has 0 saturated heterocycles. The van der Waals surface area contributed by atoms with Gasteiger partial charge in [0.05, 0.1) is 0 Å². The van der Waals surface area contributed by atoms with E-state index in [1.165, 1.54) is 6.42 Å². The normalized spacial score (nSPS) is 13.7. The van der Waals surface area contributed by atoms with Gasteiger partial charge in [-0.1, -0.05) is 13.0 Å². The fourth-order valence-electron chi connectivity index (χ4n) is 0.167. The molecule has 1 heteroatoms. The lowest BCUT2D eigenvalue weighted by atomic mass is 10.3. The molecule has 0 saturated carbocycles. The minimum absolute atomic E-state index is 0.616. The van der Waals surface area contributed by atoms with Gasteiger partial charge in [0.2, 0.25) is 0 Å². The van der Waals surface area contributed by atoms with Crippen molar-refractivity contribution in [2.75, 3.05) is 0 Å². The lowest BCUT2D eigenvalue weighted by molar-refractivity contribution is 0.981. The van der Waals surface area contributed by atoms with Crippen LogP contribution in [-0.2, 0) is 0 Å². The molecule has 0 aliphatic carbocycles. The highest BCUT2D eigenvalue weighted by atomic mass is 31.0. The Balaban J connectivity index is 2.96. The van der Waals surface area contributed by atoms with Crippen molar-refractivity contribution in [3.05, 3.63) is 12.7 Å². The van der Waals surface area contributed by atoms with E-state index in [1.54, 1.807) is 0 Å². The molecule has 0 nitrogen and oxygen atoms in total. The van der Waals surface area contributed by atoms with Crippen LogP contribution in [0.15, 0.2) is 12.7 Å². The number of rotatable bonds is 2. The molecule has 0 aromatic heterocycles. The van der Waals surface area contributed by atoms with Gasteiger partial charge in [-0.2, -0.15) is 0 Å². The van der Waals surface area contributed by atoms with Crippen molar-refractivity contribution in [3.8, 4) is 0 Å². The van der Waals surface area contributed by atoms with E-state index in [1.807, 2.05) is 6.08 Å². The van der Waals surface area contributed by atoms with Gasteiger partial charge >= 0.3 is 0 Å². The fraction of sp³-hybridized carbons (Fsp3) is 0.600. The Kier molecular flexibility index (Phi) is 3.46. The van der Waals surface area contributed by atoms with Gasteiger partial charge in [-0.3, -0.25) is 0 Å². The second-order valence-electron chi connectivity index (χ2n) is 1.31. The predicted molar refractivity (Wildman–Crippen MR) is 34.0 cm³/mol. The predicted octanol–water partition coefficient (Wildman–Crippen LogP) is 1.83. The standard InChI is InChI=1S/C5H11P/c1-3-5(6)4-2/h3,5H,1,4,6H2,2H3. The Morgan fingerprint density at radius 3 is 2.50 bits per heavy atom. The van der Waals surface area contributed by atoms with E-state index in [9.17, 15) is 0 Å². The van der Waals surface area contributed by atoms with Crippen molar-refractivity contribution >= 4 is 9.24 Å². The molecule has 0 fully saturated rings. The summed E-state index contributed by atoms with van der Waals surface area (Å²) in [5, 5.41) is 0. The topological polar surface area (TPSA) is 0 Å². The van der Waals surface area contributed by atoms with E-state index >= 15 is 0 Å². The van der Waals surface area contributed by atoms with Gasteiger partial charge in [-0.25, -0.2) is 0 Å². The molecule has 0 heterocycles. The molecule has 2 atom stereocenters. The molecule has 0 N–H and O–H groups in total. The molecule has 0 aromatic carbocycles. The Bertz CT molecular complexity index is 41.2. The van der Waals surface area contributed by atoms with Crippen molar-refractivity contribution < 1.29 is 0 Å². The maximum atomic E-state index is 3.61. The highest BCUT2D eigenvalue weighted by molar-refractivity contribution is 7.17. The molecule has 0 spiro atoms. The van der Waals surface area contributed by atoms with Crippen LogP contribution in [0.5, 0.6) is 0 Å². The molecule has 36 valence electrons. The van der Waals surface area contributed by atoms with Crippen LogP contribution in [0.4, 0.5) is 0 Å². The van der Waals surface area contributed by atoms with Crippen molar-refractivity contribution in [2.24, 2.45) is 0 Å². The monoisotopic (exact) mass is 102 g/mol. The zero-order valence-electron chi connectivity index (χ0n) is 4.15. The van der Waals surface area contributed by atoms with Crippen LogP contribution < -0.4 is 0 Å². The molecule has 0 aliphatic heterocycles. The van der Waals surface area contributed by atoms with Gasteiger partial charge in [0.1, 0.15) is 0 Å². The lowest BCUT2D eigenvalue weighted by Crippen LogP contribution is -1.83. The number of allylic oxidation sites excluding steroid dienone is 1. The minimum Gasteiger partial charge on any atom is -0.130 e. The third-order valence-electron chi connectivity index (χ3n) is 0.774. The molecule has 0 bridgehead atoms. The molecule has 2 unspecified atom stereocenters. The molecule has 0 radical (unpaired) electrons. The molecular weight excluding hydrogens is 91.0 g/mol. The van der Waals surface area contributed by atoms with E-state index in [4.69, 9.17) is 0 Å². The maximum absolute atomic E-state index is 3.61. The lowest BCUT2D eigenvalue weighted by Gasteiger charge is -1.93. The summed E-state index contributed by atoms with van der Waals surface area (Å²) in [6, 6.07) is 0. The summed E-state index contributed by atoms with van der Waals surface area (Å²) in [4.78, 5) is 0. The Morgan fingerprint density at radius 1 is 2.00 bits per heavy atom. The van der Waals surface area contributed by atoms with Gasteiger partial charge in [0.25, 0.3) is 0 Å². The Labute approximate surface area is 41.8 Å². The SMILES string of the molecule is C=CC(P)CC. The largest absolute Gasteiger partial charge is 0.130 e. The molecule has 0 aromatic rings. The quantitative estimate of drug-likeness (QED) is 0.368. The van der Waals surface area contributed by atoms with Crippen molar-refractivity contribution in [3.63, 3.8) is 0 Å².